The third-order valence-electron chi connectivity index (χ3n) is 2.29. The maximum atomic E-state index is 12.2. The van der Waals surface area contributed by atoms with Crippen LogP contribution in [0.2, 0.25) is 0 Å². The molecule has 0 saturated carbocycles. The highest BCUT2D eigenvalue weighted by molar-refractivity contribution is 7.51. The van der Waals surface area contributed by atoms with Gasteiger partial charge in [-0.15, -0.1) is 6.58 Å². The van der Waals surface area contributed by atoms with Gasteiger partial charge in [0.15, 0.2) is 0 Å². The van der Waals surface area contributed by atoms with Crippen LogP contribution in [0.15, 0.2) is 12.7 Å². The molecule has 4 nitrogen and oxygen atoms in total. The first-order valence-electron chi connectivity index (χ1n) is 5.45. The van der Waals surface area contributed by atoms with Gasteiger partial charge in [0, 0.05) is 12.6 Å². The smallest absolute Gasteiger partial charge is 0.297 e. The zero-order valence-corrected chi connectivity index (χ0v) is 10.4. The van der Waals surface area contributed by atoms with E-state index >= 15 is 0 Å². The lowest BCUT2D eigenvalue weighted by atomic mass is 10.2. The number of rotatable bonds is 8. The molecule has 88 valence electrons. The van der Waals surface area contributed by atoms with Crippen molar-refractivity contribution in [3.05, 3.63) is 12.7 Å². The molecule has 1 rings (SSSR count). The summed E-state index contributed by atoms with van der Waals surface area (Å²) in [6.45, 7) is 8.97. The summed E-state index contributed by atoms with van der Waals surface area (Å²) in [5.41, 5.74) is 0. The van der Waals surface area contributed by atoms with E-state index in [-0.39, 0.29) is 0 Å². The third kappa shape index (κ3) is 3.42. The van der Waals surface area contributed by atoms with Crippen LogP contribution >= 0.6 is 7.75 Å². The molecule has 1 saturated heterocycles. The van der Waals surface area contributed by atoms with Crippen molar-refractivity contribution in [3.8, 4) is 0 Å². The normalized spacial score (nSPS) is 25.2. The fourth-order valence-corrected chi connectivity index (χ4v) is 3.46. The van der Waals surface area contributed by atoms with Crippen molar-refractivity contribution < 1.29 is 13.6 Å². The lowest BCUT2D eigenvalue weighted by Gasteiger charge is -2.17. The van der Waals surface area contributed by atoms with Gasteiger partial charge >= 0.3 is 7.75 Å². The average molecular weight is 233 g/mol. The Morgan fingerprint density at radius 1 is 1.47 bits per heavy atom. The van der Waals surface area contributed by atoms with E-state index in [4.69, 9.17) is 9.05 Å². The molecule has 0 N–H and O–H groups in total. The van der Waals surface area contributed by atoms with Gasteiger partial charge < -0.3 is 0 Å². The summed E-state index contributed by atoms with van der Waals surface area (Å²) in [4.78, 5) is 0. The van der Waals surface area contributed by atoms with Gasteiger partial charge in [-0.05, 0) is 26.7 Å². The Morgan fingerprint density at radius 2 is 2.07 bits per heavy atom. The minimum absolute atomic E-state index is 0.340. The Labute approximate surface area is 91.8 Å². The van der Waals surface area contributed by atoms with Crippen LogP contribution in [0.25, 0.3) is 0 Å². The van der Waals surface area contributed by atoms with Gasteiger partial charge in [-0.1, -0.05) is 6.08 Å². The van der Waals surface area contributed by atoms with Gasteiger partial charge in [0.25, 0.3) is 0 Å². The van der Waals surface area contributed by atoms with Gasteiger partial charge in [0.1, 0.15) is 0 Å². The number of allylic oxidation sites excluding steroid dienone is 1. The summed E-state index contributed by atoms with van der Waals surface area (Å²) in [5, 5.41) is 0. The molecular formula is C10H20NO3P. The van der Waals surface area contributed by atoms with Gasteiger partial charge in [-0.3, -0.25) is 9.05 Å². The van der Waals surface area contributed by atoms with Crippen LogP contribution in [0.1, 0.15) is 26.7 Å². The second-order valence-corrected chi connectivity index (χ2v) is 5.41. The molecule has 2 unspecified atom stereocenters. The number of hydrogen-bond donors (Lipinski definition) is 0. The molecule has 1 aliphatic rings. The highest BCUT2D eigenvalue weighted by Gasteiger charge is 2.48. The Bertz CT molecular complexity index is 247. The molecule has 15 heavy (non-hydrogen) atoms. The summed E-state index contributed by atoms with van der Waals surface area (Å²) in [6.07, 6.45) is 3.80. The summed E-state index contributed by atoms with van der Waals surface area (Å²) in [7, 11) is -2.98. The molecule has 0 bridgehead atoms. The van der Waals surface area contributed by atoms with Crippen molar-refractivity contribution in [3.63, 3.8) is 0 Å². The average Bonchev–Trinajstić information content (AvgIpc) is 2.95. The van der Waals surface area contributed by atoms with Crippen molar-refractivity contribution in [1.29, 1.82) is 0 Å². The molecule has 1 heterocycles. The molecule has 0 aromatic carbocycles. The minimum Gasteiger partial charge on any atom is -0.297 e. The summed E-state index contributed by atoms with van der Waals surface area (Å²) < 4.78 is 24.5. The van der Waals surface area contributed by atoms with Crippen molar-refractivity contribution >= 4 is 7.75 Å². The van der Waals surface area contributed by atoms with E-state index in [1.54, 1.807) is 0 Å². The van der Waals surface area contributed by atoms with Crippen molar-refractivity contribution in [2.75, 3.05) is 19.8 Å². The molecule has 1 aliphatic heterocycles. The van der Waals surface area contributed by atoms with Crippen molar-refractivity contribution in [1.82, 2.24) is 4.67 Å². The second-order valence-electron chi connectivity index (χ2n) is 3.45. The van der Waals surface area contributed by atoms with E-state index in [1.807, 2.05) is 24.6 Å². The Balaban J connectivity index is 2.45. The number of nitrogens with zero attached hydrogens (tertiary/aromatic N) is 1. The third-order valence-corrected chi connectivity index (χ3v) is 4.58. The Kier molecular flexibility index (Phi) is 5.00. The fourth-order valence-electron chi connectivity index (χ4n) is 1.53. The minimum atomic E-state index is -2.98. The van der Waals surface area contributed by atoms with Crippen LogP contribution < -0.4 is 0 Å². The maximum absolute atomic E-state index is 12.2. The standard InChI is InChI=1S/C10H20NO3P/c1-4-7-8-10-9-11(10)15(12,13-5-2)14-6-3/h4,10H,1,5-9H2,2-3H3. The van der Waals surface area contributed by atoms with Crippen LogP contribution in [-0.4, -0.2) is 30.5 Å². The highest BCUT2D eigenvalue weighted by atomic mass is 31.2. The van der Waals surface area contributed by atoms with E-state index in [0.29, 0.717) is 19.3 Å². The van der Waals surface area contributed by atoms with Gasteiger partial charge in [0.05, 0.1) is 13.2 Å². The van der Waals surface area contributed by atoms with E-state index in [9.17, 15) is 4.57 Å². The molecule has 0 radical (unpaired) electrons. The fraction of sp³-hybridized carbons (Fsp3) is 0.800. The van der Waals surface area contributed by atoms with Gasteiger partial charge in [-0.2, -0.15) is 0 Å². The van der Waals surface area contributed by atoms with E-state index in [1.165, 1.54) is 0 Å². The van der Waals surface area contributed by atoms with Gasteiger partial charge in [0.2, 0.25) is 0 Å². The number of hydrogen-bond acceptors (Lipinski definition) is 3. The molecule has 0 aliphatic carbocycles. The molecule has 0 amide bonds. The van der Waals surface area contributed by atoms with Crippen molar-refractivity contribution in [2.24, 2.45) is 0 Å². The summed E-state index contributed by atoms with van der Waals surface area (Å²) >= 11 is 0. The largest absolute Gasteiger partial charge is 0.408 e. The molecular weight excluding hydrogens is 213 g/mol. The molecule has 1 fully saturated rings. The second kappa shape index (κ2) is 5.80. The first-order valence-corrected chi connectivity index (χ1v) is 6.94. The summed E-state index contributed by atoms with van der Waals surface area (Å²) in [6, 6.07) is 0.340. The molecule has 2 atom stereocenters. The van der Waals surface area contributed by atoms with E-state index in [0.717, 1.165) is 19.4 Å². The predicted octanol–water partition coefficient (Wildman–Crippen LogP) is 2.82. The molecule has 0 aromatic rings. The topological polar surface area (TPSA) is 38.5 Å². The Morgan fingerprint density at radius 3 is 2.53 bits per heavy atom. The van der Waals surface area contributed by atoms with Crippen LogP contribution in [-0.2, 0) is 13.6 Å². The monoisotopic (exact) mass is 233 g/mol. The first-order chi connectivity index (χ1) is 7.18. The van der Waals surface area contributed by atoms with E-state index < -0.39 is 7.75 Å². The van der Waals surface area contributed by atoms with E-state index in [2.05, 4.69) is 6.58 Å². The molecule has 0 aromatic heterocycles. The first kappa shape index (κ1) is 12.9. The van der Waals surface area contributed by atoms with Crippen molar-refractivity contribution in [2.45, 2.75) is 32.7 Å². The molecule has 0 spiro atoms. The Hall–Kier alpha value is -0.150. The zero-order chi connectivity index (χ0) is 11.3. The quantitative estimate of drug-likeness (QED) is 0.367. The van der Waals surface area contributed by atoms with Crippen LogP contribution in [0.4, 0.5) is 0 Å². The highest BCUT2D eigenvalue weighted by Crippen LogP contribution is 2.59. The lowest BCUT2D eigenvalue weighted by molar-refractivity contribution is 0.194. The van der Waals surface area contributed by atoms with Crippen LogP contribution in [0.3, 0.4) is 0 Å². The van der Waals surface area contributed by atoms with Crippen LogP contribution in [0, 0.1) is 0 Å². The lowest BCUT2D eigenvalue weighted by Crippen LogP contribution is -2.06. The molecule has 5 heteroatoms. The predicted molar refractivity (Wildman–Crippen MR) is 60.8 cm³/mol. The van der Waals surface area contributed by atoms with Crippen LogP contribution in [0.5, 0.6) is 0 Å². The maximum Gasteiger partial charge on any atom is 0.408 e. The summed E-state index contributed by atoms with van der Waals surface area (Å²) in [5.74, 6) is 0. The zero-order valence-electron chi connectivity index (χ0n) is 9.52. The van der Waals surface area contributed by atoms with Gasteiger partial charge in [-0.25, -0.2) is 9.24 Å². The SMILES string of the molecule is C=CCCC1CN1P(=O)(OCC)OCC.